The number of nitrogen functional groups attached to an aromatic ring is 1. The zero-order valence-corrected chi connectivity index (χ0v) is 10.4. The summed E-state index contributed by atoms with van der Waals surface area (Å²) in [6, 6.07) is 1.28. The van der Waals surface area contributed by atoms with Gasteiger partial charge < -0.3 is 11.1 Å². The molecule has 0 aliphatic heterocycles. The number of hydrogen-bond donors (Lipinski definition) is 2. The minimum Gasteiger partial charge on any atom is -0.383 e. The van der Waals surface area contributed by atoms with Crippen LogP contribution in [0.5, 0.6) is 0 Å². The molecule has 1 aliphatic carbocycles. The predicted molar refractivity (Wildman–Crippen MR) is 67.5 cm³/mol. The van der Waals surface area contributed by atoms with Gasteiger partial charge in [-0.15, -0.1) is 0 Å². The smallest absolute Gasteiger partial charge is 0.255 e. The molecule has 98 valence electrons. The third kappa shape index (κ3) is 2.78. The number of nitrogens with zero attached hydrogens (tertiary/aromatic N) is 1. The molecule has 18 heavy (non-hydrogen) atoms. The highest BCUT2D eigenvalue weighted by Crippen LogP contribution is 2.24. The van der Waals surface area contributed by atoms with Crippen molar-refractivity contribution in [3.8, 4) is 0 Å². The predicted octanol–water partition coefficient (Wildman–Crippen LogP) is 2.11. The van der Waals surface area contributed by atoms with Crippen LogP contribution in [0.2, 0.25) is 0 Å². The molecule has 0 aromatic carbocycles. The summed E-state index contributed by atoms with van der Waals surface area (Å²) in [5.41, 5.74) is 5.71. The van der Waals surface area contributed by atoms with Crippen LogP contribution < -0.4 is 11.1 Å². The SMILES string of the molecule is CC1CCCCC1NC(=O)c1cc(F)cnc1N. The van der Waals surface area contributed by atoms with Crippen molar-refractivity contribution in [3.05, 3.63) is 23.6 Å². The first-order chi connectivity index (χ1) is 8.58. The second-order valence-corrected chi connectivity index (χ2v) is 4.93. The normalized spacial score (nSPS) is 23.7. The number of anilines is 1. The van der Waals surface area contributed by atoms with E-state index in [4.69, 9.17) is 5.73 Å². The number of amides is 1. The molecule has 1 heterocycles. The molecule has 1 amide bonds. The van der Waals surface area contributed by atoms with Gasteiger partial charge in [0.15, 0.2) is 0 Å². The zero-order valence-electron chi connectivity index (χ0n) is 10.4. The Morgan fingerprint density at radius 3 is 2.94 bits per heavy atom. The van der Waals surface area contributed by atoms with Crippen LogP contribution in [0.1, 0.15) is 43.0 Å². The molecule has 0 radical (unpaired) electrons. The zero-order chi connectivity index (χ0) is 13.1. The maximum absolute atomic E-state index is 13.1. The van der Waals surface area contributed by atoms with Crippen LogP contribution >= 0.6 is 0 Å². The third-order valence-electron chi connectivity index (χ3n) is 3.56. The van der Waals surface area contributed by atoms with Gasteiger partial charge >= 0.3 is 0 Å². The largest absolute Gasteiger partial charge is 0.383 e. The summed E-state index contributed by atoms with van der Waals surface area (Å²) in [6.07, 6.45) is 5.41. The van der Waals surface area contributed by atoms with E-state index in [2.05, 4.69) is 17.2 Å². The van der Waals surface area contributed by atoms with Crippen molar-refractivity contribution in [2.75, 3.05) is 5.73 Å². The van der Waals surface area contributed by atoms with Crippen molar-refractivity contribution in [1.29, 1.82) is 0 Å². The van der Waals surface area contributed by atoms with Crippen molar-refractivity contribution in [1.82, 2.24) is 10.3 Å². The fourth-order valence-corrected chi connectivity index (χ4v) is 2.41. The topological polar surface area (TPSA) is 68.0 Å². The molecule has 1 aromatic rings. The Bertz CT molecular complexity index is 450. The Balaban J connectivity index is 2.09. The van der Waals surface area contributed by atoms with Gasteiger partial charge in [0.25, 0.3) is 5.91 Å². The van der Waals surface area contributed by atoms with Crippen molar-refractivity contribution in [2.45, 2.75) is 38.6 Å². The van der Waals surface area contributed by atoms with Gasteiger partial charge in [0, 0.05) is 6.04 Å². The van der Waals surface area contributed by atoms with E-state index in [0.717, 1.165) is 31.5 Å². The lowest BCUT2D eigenvalue weighted by atomic mass is 9.86. The molecule has 1 fully saturated rings. The Morgan fingerprint density at radius 1 is 1.50 bits per heavy atom. The second kappa shape index (κ2) is 5.33. The Kier molecular flexibility index (Phi) is 3.79. The Morgan fingerprint density at radius 2 is 2.22 bits per heavy atom. The number of nitrogens with two attached hydrogens (primary N) is 1. The van der Waals surface area contributed by atoms with Gasteiger partial charge in [-0.1, -0.05) is 19.8 Å². The first-order valence-electron chi connectivity index (χ1n) is 6.30. The first-order valence-corrected chi connectivity index (χ1v) is 6.30. The van der Waals surface area contributed by atoms with Crippen molar-refractivity contribution in [3.63, 3.8) is 0 Å². The van der Waals surface area contributed by atoms with Crippen LogP contribution in [0.25, 0.3) is 0 Å². The molecular weight excluding hydrogens is 233 g/mol. The summed E-state index contributed by atoms with van der Waals surface area (Å²) in [5, 5.41) is 2.93. The van der Waals surface area contributed by atoms with Gasteiger partial charge in [-0.25, -0.2) is 9.37 Å². The summed E-state index contributed by atoms with van der Waals surface area (Å²) >= 11 is 0. The lowest BCUT2D eigenvalue weighted by Gasteiger charge is -2.29. The molecule has 1 saturated carbocycles. The van der Waals surface area contributed by atoms with E-state index in [9.17, 15) is 9.18 Å². The lowest BCUT2D eigenvalue weighted by Crippen LogP contribution is -2.41. The molecule has 0 saturated heterocycles. The van der Waals surface area contributed by atoms with Crippen molar-refractivity contribution in [2.24, 2.45) is 5.92 Å². The highest BCUT2D eigenvalue weighted by Gasteiger charge is 2.24. The summed E-state index contributed by atoms with van der Waals surface area (Å²) in [5.74, 6) is -0.368. The molecule has 2 unspecified atom stereocenters. The van der Waals surface area contributed by atoms with Gasteiger partial charge in [-0.3, -0.25) is 4.79 Å². The number of hydrogen-bond acceptors (Lipinski definition) is 3. The molecule has 2 atom stereocenters. The second-order valence-electron chi connectivity index (χ2n) is 4.93. The van der Waals surface area contributed by atoms with Gasteiger partial charge in [-0.2, -0.15) is 0 Å². The van der Waals surface area contributed by atoms with E-state index in [-0.39, 0.29) is 23.3 Å². The quantitative estimate of drug-likeness (QED) is 0.846. The molecule has 1 aromatic heterocycles. The average Bonchev–Trinajstić information content (AvgIpc) is 2.35. The molecule has 0 bridgehead atoms. The number of carbonyl (C=O) groups excluding carboxylic acids is 1. The van der Waals surface area contributed by atoms with Crippen LogP contribution in [0.15, 0.2) is 12.3 Å². The van der Waals surface area contributed by atoms with E-state index < -0.39 is 5.82 Å². The minimum atomic E-state index is -0.550. The van der Waals surface area contributed by atoms with Crippen LogP contribution in [-0.4, -0.2) is 16.9 Å². The highest BCUT2D eigenvalue weighted by atomic mass is 19.1. The summed E-state index contributed by atoms with van der Waals surface area (Å²) in [6.45, 7) is 2.12. The van der Waals surface area contributed by atoms with E-state index in [0.29, 0.717) is 5.92 Å². The minimum absolute atomic E-state index is 0.0670. The monoisotopic (exact) mass is 251 g/mol. The first kappa shape index (κ1) is 12.8. The number of halogens is 1. The third-order valence-corrected chi connectivity index (χ3v) is 3.56. The molecule has 1 aliphatic rings. The van der Waals surface area contributed by atoms with Crippen LogP contribution in [0.3, 0.4) is 0 Å². The van der Waals surface area contributed by atoms with E-state index >= 15 is 0 Å². The van der Waals surface area contributed by atoms with E-state index in [1.54, 1.807) is 0 Å². The molecule has 0 spiro atoms. The Hall–Kier alpha value is -1.65. The number of nitrogens with one attached hydrogen (secondary N) is 1. The molecule has 4 nitrogen and oxygen atoms in total. The number of pyridine rings is 1. The molecule has 5 heteroatoms. The van der Waals surface area contributed by atoms with Gasteiger partial charge in [-0.05, 0) is 24.8 Å². The van der Waals surface area contributed by atoms with Gasteiger partial charge in [0.2, 0.25) is 0 Å². The fraction of sp³-hybridized carbons (Fsp3) is 0.538. The Labute approximate surface area is 106 Å². The fourth-order valence-electron chi connectivity index (χ4n) is 2.41. The lowest BCUT2D eigenvalue weighted by molar-refractivity contribution is 0.0910. The van der Waals surface area contributed by atoms with Gasteiger partial charge in [0.1, 0.15) is 11.6 Å². The number of carbonyl (C=O) groups is 1. The molecule has 3 N–H and O–H groups in total. The summed E-state index contributed by atoms with van der Waals surface area (Å²) in [7, 11) is 0. The van der Waals surface area contributed by atoms with Crippen molar-refractivity contribution < 1.29 is 9.18 Å². The summed E-state index contributed by atoms with van der Waals surface area (Å²) in [4.78, 5) is 15.7. The average molecular weight is 251 g/mol. The maximum Gasteiger partial charge on any atom is 0.255 e. The maximum atomic E-state index is 13.1. The van der Waals surface area contributed by atoms with E-state index in [1.165, 1.54) is 6.42 Å². The van der Waals surface area contributed by atoms with Crippen LogP contribution in [0, 0.1) is 11.7 Å². The molecular formula is C13H18FN3O. The molecule has 2 rings (SSSR count). The standard InChI is InChI=1S/C13H18FN3O/c1-8-4-2-3-5-11(8)17-13(18)10-6-9(14)7-16-12(10)15/h6-8,11H,2-5H2,1H3,(H2,15,16)(H,17,18). The van der Waals surface area contributed by atoms with Crippen LogP contribution in [0.4, 0.5) is 10.2 Å². The van der Waals surface area contributed by atoms with Crippen molar-refractivity contribution >= 4 is 11.7 Å². The summed E-state index contributed by atoms with van der Waals surface area (Å²) < 4.78 is 13.1. The number of aromatic nitrogens is 1. The van der Waals surface area contributed by atoms with Crippen LogP contribution in [-0.2, 0) is 0 Å². The number of rotatable bonds is 2. The van der Waals surface area contributed by atoms with E-state index in [1.807, 2.05) is 0 Å². The van der Waals surface area contributed by atoms with Gasteiger partial charge in [0.05, 0.1) is 11.8 Å². The highest BCUT2D eigenvalue weighted by molar-refractivity contribution is 5.98.